The second-order valence-corrected chi connectivity index (χ2v) is 3.91. The Hall–Kier alpha value is -1.35. The van der Waals surface area contributed by atoms with Gasteiger partial charge in [-0.2, -0.15) is 0 Å². The first-order valence-corrected chi connectivity index (χ1v) is 5.25. The Labute approximate surface area is 90.1 Å². The van der Waals surface area contributed by atoms with Crippen molar-refractivity contribution in [1.29, 1.82) is 0 Å². The highest BCUT2D eigenvalue weighted by atomic mass is 16.3. The summed E-state index contributed by atoms with van der Waals surface area (Å²) in [4.78, 5) is 6.37. The van der Waals surface area contributed by atoms with Crippen LogP contribution in [-0.4, -0.2) is 23.2 Å². The SMILES string of the molecule is CC1=CCN(c2cnccc2CO)CC1. The zero-order valence-corrected chi connectivity index (χ0v) is 8.98. The van der Waals surface area contributed by atoms with Crippen molar-refractivity contribution in [1.82, 2.24) is 4.98 Å². The second kappa shape index (κ2) is 4.45. The van der Waals surface area contributed by atoms with Gasteiger partial charge >= 0.3 is 0 Å². The minimum absolute atomic E-state index is 0.0804. The third kappa shape index (κ3) is 2.18. The number of aliphatic hydroxyl groups is 1. The predicted molar refractivity (Wildman–Crippen MR) is 60.7 cm³/mol. The molecule has 0 aliphatic carbocycles. The van der Waals surface area contributed by atoms with Gasteiger partial charge in [-0.25, -0.2) is 0 Å². The summed E-state index contributed by atoms with van der Waals surface area (Å²) in [6.07, 6.45) is 6.89. The van der Waals surface area contributed by atoms with Gasteiger partial charge in [0, 0.05) is 24.8 Å². The van der Waals surface area contributed by atoms with E-state index in [1.165, 1.54) is 5.57 Å². The van der Waals surface area contributed by atoms with Crippen LogP contribution in [0.15, 0.2) is 30.1 Å². The lowest BCUT2D eigenvalue weighted by Gasteiger charge is -2.28. The number of pyridine rings is 1. The fraction of sp³-hybridized carbons (Fsp3) is 0.417. The van der Waals surface area contributed by atoms with Crippen LogP contribution in [0.4, 0.5) is 5.69 Å². The van der Waals surface area contributed by atoms with Crippen LogP contribution in [0.25, 0.3) is 0 Å². The van der Waals surface area contributed by atoms with Crippen molar-refractivity contribution in [3.63, 3.8) is 0 Å². The lowest BCUT2D eigenvalue weighted by atomic mass is 10.1. The molecule has 1 aliphatic rings. The minimum atomic E-state index is 0.0804. The van der Waals surface area contributed by atoms with E-state index in [4.69, 9.17) is 0 Å². The number of hydrogen-bond acceptors (Lipinski definition) is 3. The third-order valence-corrected chi connectivity index (χ3v) is 2.83. The normalized spacial score (nSPS) is 16.4. The molecule has 0 saturated carbocycles. The van der Waals surface area contributed by atoms with Crippen molar-refractivity contribution in [2.24, 2.45) is 0 Å². The van der Waals surface area contributed by atoms with Gasteiger partial charge in [-0.3, -0.25) is 4.98 Å². The van der Waals surface area contributed by atoms with Crippen LogP contribution in [0.5, 0.6) is 0 Å². The number of aromatic nitrogens is 1. The highest BCUT2D eigenvalue weighted by molar-refractivity contribution is 5.52. The third-order valence-electron chi connectivity index (χ3n) is 2.83. The van der Waals surface area contributed by atoms with Gasteiger partial charge in [-0.15, -0.1) is 0 Å². The molecule has 0 atom stereocenters. The van der Waals surface area contributed by atoms with Gasteiger partial charge < -0.3 is 10.0 Å². The highest BCUT2D eigenvalue weighted by Gasteiger charge is 2.13. The van der Waals surface area contributed by atoms with Crippen LogP contribution in [0, 0.1) is 0 Å². The van der Waals surface area contributed by atoms with Gasteiger partial charge in [0.25, 0.3) is 0 Å². The van der Waals surface area contributed by atoms with Crippen LogP contribution in [0.3, 0.4) is 0 Å². The molecule has 2 heterocycles. The van der Waals surface area contributed by atoms with Gasteiger partial charge in [0.2, 0.25) is 0 Å². The van der Waals surface area contributed by atoms with E-state index in [0.717, 1.165) is 30.8 Å². The number of rotatable bonds is 2. The quantitative estimate of drug-likeness (QED) is 0.745. The van der Waals surface area contributed by atoms with E-state index in [1.807, 2.05) is 12.3 Å². The van der Waals surface area contributed by atoms with Crippen molar-refractivity contribution < 1.29 is 5.11 Å². The molecule has 2 rings (SSSR count). The Morgan fingerprint density at radius 3 is 3.07 bits per heavy atom. The summed E-state index contributed by atoms with van der Waals surface area (Å²) in [5.41, 5.74) is 3.46. The van der Waals surface area contributed by atoms with Gasteiger partial charge in [-0.1, -0.05) is 11.6 Å². The summed E-state index contributed by atoms with van der Waals surface area (Å²) in [6, 6.07) is 1.88. The first kappa shape index (κ1) is 10.2. The van der Waals surface area contributed by atoms with Crippen LogP contribution >= 0.6 is 0 Å². The van der Waals surface area contributed by atoms with Gasteiger partial charge in [0.15, 0.2) is 0 Å². The maximum Gasteiger partial charge on any atom is 0.0703 e. The van der Waals surface area contributed by atoms with E-state index in [-0.39, 0.29) is 6.61 Å². The zero-order chi connectivity index (χ0) is 10.7. The first-order valence-electron chi connectivity index (χ1n) is 5.25. The summed E-state index contributed by atoms with van der Waals surface area (Å²) in [5.74, 6) is 0. The average Bonchev–Trinajstić information content (AvgIpc) is 2.30. The van der Waals surface area contributed by atoms with E-state index >= 15 is 0 Å². The summed E-state index contributed by atoms with van der Waals surface area (Å²) < 4.78 is 0. The largest absolute Gasteiger partial charge is 0.392 e. The lowest BCUT2D eigenvalue weighted by molar-refractivity contribution is 0.282. The van der Waals surface area contributed by atoms with E-state index in [0.29, 0.717) is 0 Å². The predicted octanol–water partition coefficient (Wildman–Crippen LogP) is 1.73. The van der Waals surface area contributed by atoms with Crippen LogP contribution in [0.2, 0.25) is 0 Å². The molecular formula is C12H16N2O. The van der Waals surface area contributed by atoms with Crippen molar-refractivity contribution in [3.05, 3.63) is 35.7 Å². The highest BCUT2D eigenvalue weighted by Crippen LogP contribution is 2.22. The molecule has 80 valence electrons. The topological polar surface area (TPSA) is 36.4 Å². The molecule has 1 aromatic rings. The number of anilines is 1. The Kier molecular flexibility index (Phi) is 3.02. The first-order chi connectivity index (χ1) is 7.31. The molecule has 1 N–H and O–H groups in total. The molecule has 0 bridgehead atoms. The van der Waals surface area contributed by atoms with Crippen molar-refractivity contribution in [2.75, 3.05) is 18.0 Å². The summed E-state index contributed by atoms with van der Waals surface area (Å²) in [6.45, 7) is 4.18. The Bertz CT molecular complexity index is 374. The Morgan fingerprint density at radius 1 is 1.53 bits per heavy atom. The molecule has 0 radical (unpaired) electrons. The lowest BCUT2D eigenvalue weighted by Crippen LogP contribution is -2.29. The molecule has 1 aliphatic heterocycles. The van der Waals surface area contributed by atoms with E-state index < -0.39 is 0 Å². The summed E-state index contributed by atoms with van der Waals surface area (Å²) in [7, 11) is 0. The Balaban J connectivity index is 2.22. The maximum absolute atomic E-state index is 9.23. The monoisotopic (exact) mass is 204 g/mol. The van der Waals surface area contributed by atoms with E-state index in [1.54, 1.807) is 6.20 Å². The average molecular weight is 204 g/mol. The van der Waals surface area contributed by atoms with Crippen molar-refractivity contribution in [3.8, 4) is 0 Å². The summed E-state index contributed by atoms with van der Waals surface area (Å²) >= 11 is 0. The van der Waals surface area contributed by atoms with Crippen LogP contribution in [-0.2, 0) is 6.61 Å². The van der Waals surface area contributed by atoms with Crippen LogP contribution < -0.4 is 4.90 Å². The fourth-order valence-electron chi connectivity index (χ4n) is 1.82. The molecule has 3 heteroatoms. The molecule has 0 aromatic carbocycles. The molecule has 0 fully saturated rings. The number of hydrogen-bond donors (Lipinski definition) is 1. The number of nitrogens with zero attached hydrogens (tertiary/aromatic N) is 2. The molecule has 0 amide bonds. The van der Waals surface area contributed by atoms with Crippen molar-refractivity contribution >= 4 is 5.69 Å². The summed E-state index contributed by atoms with van der Waals surface area (Å²) in [5, 5.41) is 9.23. The molecule has 1 aromatic heterocycles. The molecule has 0 saturated heterocycles. The molecule has 0 spiro atoms. The second-order valence-electron chi connectivity index (χ2n) is 3.91. The smallest absolute Gasteiger partial charge is 0.0703 e. The van der Waals surface area contributed by atoms with Gasteiger partial charge in [0.1, 0.15) is 0 Å². The van der Waals surface area contributed by atoms with Gasteiger partial charge in [-0.05, 0) is 19.4 Å². The Morgan fingerprint density at radius 2 is 2.40 bits per heavy atom. The minimum Gasteiger partial charge on any atom is -0.392 e. The standard InChI is InChI=1S/C12H16N2O/c1-10-3-6-14(7-4-10)12-8-13-5-2-11(12)9-15/h2-3,5,8,15H,4,6-7,9H2,1H3. The fourth-order valence-corrected chi connectivity index (χ4v) is 1.82. The molecule has 3 nitrogen and oxygen atoms in total. The molecule has 0 unspecified atom stereocenters. The van der Waals surface area contributed by atoms with E-state index in [2.05, 4.69) is 22.9 Å². The van der Waals surface area contributed by atoms with Crippen LogP contribution in [0.1, 0.15) is 18.9 Å². The molecular weight excluding hydrogens is 188 g/mol. The van der Waals surface area contributed by atoms with E-state index in [9.17, 15) is 5.11 Å². The maximum atomic E-state index is 9.23. The zero-order valence-electron chi connectivity index (χ0n) is 8.98. The van der Waals surface area contributed by atoms with Crippen molar-refractivity contribution in [2.45, 2.75) is 20.0 Å². The number of aliphatic hydroxyl groups excluding tert-OH is 1. The van der Waals surface area contributed by atoms with Gasteiger partial charge in [0.05, 0.1) is 18.5 Å². The molecule has 15 heavy (non-hydrogen) atoms.